The van der Waals surface area contributed by atoms with Crippen LogP contribution in [-0.4, -0.2) is 16.7 Å². The van der Waals surface area contributed by atoms with Gasteiger partial charge >= 0.3 is 0 Å². The molecular weight excluding hydrogens is 190 g/mol. The quantitative estimate of drug-likeness (QED) is 0.770. The topological polar surface area (TPSA) is 51.0 Å². The second kappa shape index (κ2) is 3.93. The Hall–Kier alpha value is -0.900. The molecular formula is C11H19N3O. The molecule has 0 amide bonds. The number of hydrogen-bond donors (Lipinski definition) is 1. The van der Waals surface area contributed by atoms with E-state index in [0.29, 0.717) is 0 Å². The third-order valence-electron chi connectivity index (χ3n) is 2.72. The average molecular weight is 209 g/mol. The Morgan fingerprint density at radius 3 is 2.67 bits per heavy atom. The van der Waals surface area contributed by atoms with Crippen LogP contribution in [0.25, 0.3) is 0 Å². The van der Waals surface area contributed by atoms with Gasteiger partial charge < -0.3 is 9.84 Å². The lowest BCUT2D eigenvalue weighted by atomic mass is 9.96. The smallest absolute Gasteiger partial charge is 0.243 e. The predicted octanol–water partition coefficient (Wildman–Crippen LogP) is 2.18. The molecule has 1 aromatic heterocycles. The molecule has 15 heavy (non-hydrogen) atoms. The van der Waals surface area contributed by atoms with Gasteiger partial charge in [0.05, 0.1) is 6.04 Å². The predicted molar refractivity (Wildman–Crippen MR) is 57.6 cm³/mol. The number of aromatic nitrogens is 2. The van der Waals surface area contributed by atoms with Gasteiger partial charge in [-0.25, -0.2) is 0 Å². The van der Waals surface area contributed by atoms with Crippen molar-refractivity contribution >= 4 is 0 Å². The van der Waals surface area contributed by atoms with Crippen LogP contribution in [0, 0.1) is 0 Å². The average Bonchev–Trinajstić information content (AvgIpc) is 2.67. The summed E-state index contributed by atoms with van der Waals surface area (Å²) >= 11 is 0. The molecule has 0 saturated carbocycles. The maximum absolute atomic E-state index is 5.31. The van der Waals surface area contributed by atoms with Crippen LogP contribution in [0.15, 0.2) is 4.52 Å². The number of rotatable bonds is 1. The van der Waals surface area contributed by atoms with Crippen LogP contribution in [-0.2, 0) is 5.41 Å². The van der Waals surface area contributed by atoms with Crippen LogP contribution in [0.4, 0.5) is 0 Å². The van der Waals surface area contributed by atoms with E-state index in [-0.39, 0.29) is 11.5 Å². The van der Waals surface area contributed by atoms with E-state index in [4.69, 9.17) is 4.52 Å². The summed E-state index contributed by atoms with van der Waals surface area (Å²) in [5.74, 6) is 1.55. The molecule has 1 aromatic rings. The normalized spacial score (nSPS) is 23.0. The van der Waals surface area contributed by atoms with Gasteiger partial charge in [0.1, 0.15) is 0 Å². The molecule has 0 radical (unpaired) electrons. The van der Waals surface area contributed by atoms with Crippen molar-refractivity contribution in [2.45, 2.75) is 51.5 Å². The highest BCUT2D eigenvalue weighted by Gasteiger charge is 2.25. The van der Waals surface area contributed by atoms with Crippen molar-refractivity contribution in [1.82, 2.24) is 15.5 Å². The van der Waals surface area contributed by atoms with Crippen molar-refractivity contribution in [3.8, 4) is 0 Å². The van der Waals surface area contributed by atoms with Gasteiger partial charge in [0, 0.05) is 5.41 Å². The van der Waals surface area contributed by atoms with Crippen molar-refractivity contribution in [2.75, 3.05) is 6.54 Å². The van der Waals surface area contributed by atoms with E-state index in [9.17, 15) is 0 Å². The van der Waals surface area contributed by atoms with Crippen LogP contribution >= 0.6 is 0 Å². The Balaban J connectivity index is 2.12. The Morgan fingerprint density at radius 1 is 1.33 bits per heavy atom. The summed E-state index contributed by atoms with van der Waals surface area (Å²) in [4.78, 5) is 4.46. The van der Waals surface area contributed by atoms with Crippen molar-refractivity contribution < 1.29 is 4.52 Å². The number of piperidine rings is 1. The van der Waals surface area contributed by atoms with Gasteiger partial charge in [-0.1, -0.05) is 32.3 Å². The largest absolute Gasteiger partial charge is 0.338 e. The van der Waals surface area contributed by atoms with Crippen LogP contribution in [0.3, 0.4) is 0 Å². The van der Waals surface area contributed by atoms with Gasteiger partial charge in [-0.05, 0) is 19.4 Å². The second-order valence-electron chi connectivity index (χ2n) is 5.21. The lowest BCUT2D eigenvalue weighted by Crippen LogP contribution is -2.27. The Morgan fingerprint density at radius 2 is 2.13 bits per heavy atom. The minimum atomic E-state index is -0.0313. The van der Waals surface area contributed by atoms with Gasteiger partial charge in [-0.2, -0.15) is 4.98 Å². The highest BCUT2D eigenvalue weighted by Crippen LogP contribution is 2.24. The Labute approximate surface area is 90.4 Å². The molecule has 1 aliphatic heterocycles. The monoisotopic (exact) mass is 209 g/mol. The van der Waals surface area contributed by atoms with E-state index in [1.165, 1.54) is 12.8 Å². The fourth-order valence-corrected chi connectivity index (χ4v) is 1.74. The lowest BCUT2D eigenvalue weighted by molar-refractivity contribution is 0.294. The molecule has 1 N–H and O–H groups in total. The standard InChI is InChI=1S/C11H19N3O/c1-11(2,3)10-13-9(15-14-10)8-6-4-5-7-12-8/h8,12H,4-7H2,1-3H3/t8-/m0/s1. The van der Waals surface area contributed by atoms with Gasteiger partial charge in [-0.15, -0.1) is 0 Å². The highest BCUT2D eigenvalue weighted by atomic mass is 16.5. The van der Waals surface area contributed by atoms with Crippen molar-refractivity contribution in [3.63, 3.8) is 0 Å². The first kappa shape index (κ1) is 10.6. The molecule has 0 aromatic carbocycles. The summed E-state index contributed by atoms with van der Waals surface area (Å²) < 4.78 is 5.31. The van der Waals surface area contributed by atoms with Crippen LogP contribution in [0.2, 0.25) is 0 Å². The van der Waals surface area contributed by atoms with Crippen molar-refractivity contribution in [1.29, 1.82) is 0 Å². The highest BCUT2D eigenvalue weighted by molar-refractivity contribution is 5.02. The van der Waals surface area contributed by atoms with E-state index in [1.54, 1.807) is 0 Å². The van der Waals surface area contributed by atoms with E-state index < -0.39 is 0 Å². The molecule has 4 heteroatoms. The number of nitrogens with one attached hydrogen (secondary N) is 1. The minimum absolute atomic E-state index is 0.0313. The maximum atomic E-state index is 5.31. The molecule has 1 fully saturated rings. The fraction of sp³-hybridized carbons (Fsp3) is 0.818. The molecule has 0 bridgehead atoms. The summed E-state index contributed by atoms with van der Waals surface area (Å²) in [5, 5.41) is 7.44. The molecule has 4 nitrogen and oxygen atoms in total. The van der Waals surface area contributed by atoms with Crippen molar-refractivity contribution in [2.24, 2.45) is 0 Å². The zero-order valence-electron chi connectivity index (χ0n) is 9.71. The van der Waals surface area contributed by atoms with E-state index >= 15 is 0 Å². The second-order valence-corrected chi connectivity index (χ2v) is 5.21. The Kier molecular flexibility index (Phi) is 2.78. The van der Waals surface area contributed by atoms with Crippen LogP contribution < -0.4 is 5.32 Å². The third kappa shape index (κ3) is 2.37. The molecule has 0 aliphatic carbocycles. The molecule has 0 spiro atoms. The van der Waals surface area contributed by atoms with E-state index in [1.807, 2.05) is 0 Å². The molecule has 0 unspecified atom stereocenters. The van der Waals surface area contributed by atoms with Gasteiger partial charge in [0.2, 0.25) is 5.89 Å². The molecule has 2 heterocycles. The van der Waals surface area contributed by atoms with Crippen LogP contribution in [0.5, 0.6) is 0 Å². The first-order chi connectivity index (χ1) is 7.07. The van der Waals surface area contributed by atoms with Gasteiger partial charge in [-0.3, -0.25) is 0 Å². The van der Waals surface area contributed by atoms with Crippen LogP contribution in [0.1, 0.15) is 57.8 Å². The number of nitrogens with zero attached hydrogens (tertiary/aromatic N) is 2. The molecule has 1 atom stereocenters. The first-order valence-electron chi connectivity index (χ1n) is 5.65. The zero-order valence-corrected chi connectivity index (χ0v) is 9.71. The van der Waals surface area contributed by atoms with E-state index in [2.05, 4.69) is 36.2 Å². The van der Waals surface area contributed by atoms with Gasteiger partial charge in [0.25, 0.3) is 0 Å². The molecule has 1 saturated heterocycles. The molecule has 2 rings (SSSR count). The summed E-state index contributed by atoms with van der Waals surface area (Å²) in [6, 6.07) is 0.266. The Bertz CT molecular complexity index is 321. The maximum Gasteiger partial charge on any atom is 0.243 e. The number of hydrogen-bond acceptors (Lipinski definition) is 4. The third-order valence-corrected chi connectivity index (χ3v) is 2.72. The van der Waals surface area contributed by atoms with E-state index in [0.717, 1.165) is 24.7 Å². The summed E-state index contributed by atoms with van der Waals surface area (Å²) in [7, 11) is 0. The SMILES string of the molecule is CC(C)(C)c1noc([C@@H]2CCCCN2)n1. The fourth-order valence-electron chi connectivity index (χ4n) is 1.74. The minimum Gasteiger partial charge on any atom is -0.338 e. The summed E-state index contributed by atoms with van der Waals surface area (Å²) in [6.45, 7) is 7.33. The molecule has 1 aliphatic rings. The lowest BCUT2D eigenvalue weighted by Gasteiger charge is -2.19. The summed E-state index contributed by atoms with van der Waals surface area (Å²) in [5.41, 5.74) is -0.0313. The van der Waals surface area contributed by atoms with Crippen molar-refractivity contribution in [3.05, 3.63) is 11.7 Å². The molecule has 84 valence electrons. The van der Waals surface area contributed by atoms with Gasteiger partial charge in [0.15, 0.2) is 5.82 Å². The zero-order chi connectivity index (χ0) is 10.9. The first-order valence-corrected chi connectivity index (χ1v) is 5.65. The summed E-state index contributed by atoms with van der Waals surface area (Å²) in [6.07, 6.45) is 3.59.